The zero-order valence-corrected chi connectivity index (χ0v) is 25.1. The number of rotatable bonds is 15. The van der Waals surface area contributed by atoms with Crippen LogP contribution in [0.4, 0.5) is 0 Å². The highest BCUT2D eigenvalue weighted by Crippen LogP contribution is 2.45. The third kappa shape index (κ3) is 9.96. The predicted octanol–water partition coefficient (Wildman–Crippen LogP) is 3.64. The molecule has 42 heavy (non-hydrogen) atoms. The van der Waals surface area contributed by atoms with Gasteiger partial charge in [-0.05, 0) is 25.5 Å². The van der Waals surface area contributed by atoms with Crippen LogP contribution >= 0.6 is 7.75 Å². The number of aliphatic hydroxyl groups excluding tert-OH is 1. The lowest BCUT2D eigenvalue weighted by atomic mass is 10.1. The van der Waals surface area contributed by atoms with Crippen molar-refractivity contribution < 1.29 is 33.0 Å². The Hall–Kier alpha value is -3.20. The van der Waals surface area contributed by atoms with Crippen LogP contribution in [0.2, 0.25) is 0 Å². The summed E-state index contributed by atoms with van der Waals surface area (Å²) in [6, 6.07) is 7.19. The van der Waals surface area contributed by atoms with Crippen molar-refractivity contribution in [3.63, 3.8) is 0 Å². The summed E-state index contributed by atoms with van der Waals surface area (Å²) in [5, 5.41) is 13.2. The van der Waals surface area contributed by atoms with E-state index in [1.165, 1.54) is 39.5 Å². The van der Waals surface area contributed by atoms with Gasteiger partial charge in [-0.3, -0.25) is 23.7 Å². The molecule has 0 aliphatic carbocycles. The van der Waals surface area contributed by atoms with Gasteiger partial charge in [0.05, 0.1) is 19.8 Å². The van der Waals surface area contributed by atoms with E-state index in [1.54, 1.807) is 30.3 Å². The molecule has 1 aliphatic rings. The minimum atomic E-state index is -4.16. The largest absolute Gasteiger partial charge is 0.468 e. The Balaban J connectivity index is 1.67. The van der Waals surface area contributed by atoms with Crippen LogP contribution in [0.1, 0.15) is 77.0 Å². The zero-order chi connectivity index (χ0) is 30.5. The molecule has 3 N–H and O–H groups in total. The second kappa shape index (κ2) is 16.4. The van der Waals surface area contributed by atoms with E-state index in [9.17, 15) is 24.1 Å². The molecule has 0 saturated carbocycles. The van der Waals surface area contributed by atoms with Gasteiger partial charge in [0, 0.05) is 19.0 Å². The van der Waals surface area contributed by atoms with Crippen LogP contribution in [0.5, 0.6) is 5.75 Å². The molecule has 1 aliphatic heterocycles. The second-order valence-corrected chi connectivity index (χ2v) is 11.7. The van der Waals surface area contributed by atoms with Gasteiger partial charge in [0.1, 0.15) is 29.7 Å². The number of aromatic amines is 1. The third-order valence-electron chi connectivity index (χ3n) is 6.64. The van der Waals surface area contributed by atoms with Crippen molar-refractivity contribution in [3.8, 4) is 17.6 Å². The summed E-state index contributed by atoms with van der Waals surface area (Å²) in [6.45, 7) is 3.21. The molecule has 12 nitrogen and oxygen atoms in total. The van der Waals surface area contributed by atoms with Crippen LogP contribution in [-0.4, -0.2) is 52.6 Å². The molecule has 2 aromatic rings. The Morgan fingerprint density at radius 2 is 1.93 bits per heavy atom. The molecule has 5 atom stereocenters. The van der Waals surface area contributed by atoms with Gasteiger partial charge in [-0.15, -0.1) is 0 Å². The molecule has 1 unspecified atom stereocenters. The molecule has 0 bridgehead atoms. The summed E-state index contributed by atoms with van der Waals surface area (Å²) < 4.78 is 36.4. The lowest BCUT2D eigenvalue weighted by Crippen LogP contribution is -2.36. The molecule has 13 heteroatoms. The summed E-state index contributed by atoms with van der Waals surface area (Å²) in [5.74, 6) is 5.36. The number of H-pyrrole nitrogens is 1. The maximum Gasteiger partial charge on any atom is 0.459 e. The Bertz CT molecular complexity index is 1380. The number of benzene rings is 1. The minimum absolute atomic E-state index is 0.000438. The number of methoxy groups -OCH3 is 1. The van der Waals surface area contributed by atoms with Crippen molar-refractivity contribution in [1.82, 2.24) is 14.6 Å². The topological polar surface area (TPSA) is 158 Å². The molecule has 3 rings (SSSR count). The van der Waals surface area contributed by atoms with Gasteiger partial charge in [0.15, 0.2) is 0 Å². The maximum absolute atomic E-state index is 13.6. The summed E-state index contributed by atoms with van der Waals surface area (Å²) in [7, 11) is -2.97. The first-order valence-corrected chi connectivity index (χ1v) is 15.7. The van der Waals surface area contributed by atoms with Crippen LogP contribution in [-0.2, 0) is 23.4 Å². The van der Waals surface area contributed by atoms with Crippen LogP contribution in [0, 0.1) is 11.8 Å². The van der Waals surface area contributed by atoms with Gasteiger partial charge in [-0.1, -0.05) is 69.1 Å². The number of esters is 1. The number of aromatic nitrogens is 2. The van der Waals surface area contributed by atoms with E-state index in [-0.39, 0.29) is 17.7 Å². The number of unbranched alkanes of at least 4 members (excludes halogenated alkanes) is 6. The first-order valence-electron chi connectivity index (χ1n) is 14.2. The number of para-hydroxylation sites is 1. The fourth-order valence-corrected chi connectivity index (χ4v) is 5.83. The third-order valence-corrected chi connectivity index (χ3v) is 8.29. The van der Waals surface area contributed by atoms with E-state index in [0.29, 0.717) is 6.42 Å². The van der Waals surface area contributed by atoms with E-state index in [0.717, 1.165) is 23.8 Å². The van der Waals surface area contributed by atoms with Crippen LogP contribution < -0.4 is 20.9 Å². The molecule has 1 saturated heterocycles. The van der Waals surface area contributed by atoms with Crippen molar-refractivity contribution in [2.75, 3.05) is 13.7 Å². The Kier molecular flexibility index (Phi) is 13.0. The van der Waals surface area contributed by atoms with E-state index in [1.807, 2.05) is 0 Å². The normalized spacial score (nSPS) is 20.2. The molecular weight excluding hydrogens is 565 g/mol. The minimum Gasteiger partial charge on any atom is -0.468 e. The quantitative estimate of drug-likeness (QED) is 0.118. The first-order chi connectivity index (χ1) is 20.2. The lowest BCUT2D eigenvalue weighted by molar-refractivity contribution is -0.142. The molecule has 2 heterocycles. The van der Waals surface area contributed by atoms with Crippen molar-refractivity contribution in [1.29, 1.82) is 0 Å². The Morgan fingerprint density at radius 1 is 1.21 bits per heavy atom. The van der Waals surface area contributed by atoms with Gasteiger partial charge < -0.3 is 19.1 Å². The Morgan fingerprint density at radius 3 is 2.64 bits per heavy atom. The summed E-state index contributed by atoms with van der Waals surface area (Å²) in [4.78, 5) is 39.1. The fourth-order valence-electron chi connectivity index (χ4n) is 4.32. The van der Waals surface area contributed by atoms with Gasteiger partial charge in [0.2, 0.25) is 0 Å². The summed E-state index contributed by atoms with van der Waals surface area (Å²) in [5.41, 5.74) is -1.21. The fraction of sp³-hybridized carbons (Fsp3) is 0.552. The van der Waals surface area contributed by atoms with E-state index >= 15 is 0 Å². The number of hydrogen-bond donors (Lipinski definition) is 3. The van der Waals surface area contributed by atoms with E-state index in [4.69, 9.17) is 13.8 Å². The molecule has 0 radical (unpaired) electrons. The average Bonchev–Trinajstić information content (AvgIpc) is 3.34. The van der Waals surface area contributed by atoms with Crippen molar-refractivity contribution in [2.45, 2.75) is 89.7 Å². The number of nitrogens with zero attached hydrogens (tertiary/aromatic N) is 1. The maximum atomic E-state index is 13.6. The van der Waals surface area contributed by atoms with Crippen molar-refractivity contribution in [2.24, 2.45) is 0 Å². The monoisotopic (exact) mass is 605 g/mol. The summed E-state index contributed by atoms with van der Waals surface area (Å²) in [6.07, 6.45) is 5.68. The van der Waals surface area contributed by atoms with Crippen LogP contribution in [0.15, 0.2) is 46.1 Å². The van der Waals surface area contributed by atoms with E-state index in [2.05, 4.69) is 33.6 Å². The molecular formula is C29H40N3O9P. The standard InChI is InChI=1S/C29H40N3O9P/c1-4-5-6-7-8-9-10-12-15-22-19-32(29(36)30-27(22)34)26-18-24(33)25(40-26)20-39-42(37,31-21(2)28(35)38-3)41-23-16-13-11-14-17-23/h11,13-14,16-17,19,21,24-26,33H,4-10,18,20H2,1-3H3,(H,31,37)(H,30,34,36)/t21-,24+,25+,26+,42?/m0/s1. The number of hydrogen-bond acceptors (Lipinski definition) is 9. The zero-order valence-electron chi connectivity index (χ0n) is 24.2. The molecule has 1 aromatic heterocycles. The van der Waals surface area contributed by atoms with E-state index < -0.39 is 56.0 Å². The van der Waals surface area contributed by atoms with Crippen molar-refractivity contribution in [3.05, 3.63) is 62.9 Å². The SMILES string of the molecule is CCCCCCCCC#Cc1cn([C@H]2C[C@@H](O)[C@@H](COP(=O)(N[C@@H](C)C(=O)OC)Oc3ccccc3)O2)c(=O)[nH]c1=O. The van der Waals surface area contributed by atoms with Gasteiger partial charge in [0.25, 0.3) is 5.56 Å². The highest BCUT2D eigenvalue weighted by molar-refractivity contribution is 7.52. The highest BCUT2D eigenvalue weighted by Gasteiger charge is 2.39. The molecule has 1 aromatic carbocycles. The van der Waals surface area contributed by atoms with Crippen LogP contribution in [0.3, 0.4) is 0 Å². The number of nitrogens with one attached hydrogen (secondary N) is 2. The number of aliphatic hydroxyl groups is 1. The lowest BCUT2D eigenvalue weighted by Gasteiger charge is -2.24. The molecule has 230 valence electrons. The predicted molar refractivity (Wildman–Crippen MR) is 156 cm³/mol. The number of carbonyl (C=O) groups is 1. The first kappa shape index (κ1) is 33.3. The second-order valence-electron chi connectivity index (χ2n) is 10.0. The Labute approximate surface area is 245 Å². The average molecular weight is 606 g/mol. The van der Waals surface area contributed by atoms with Crippen molar-refractivity contribution >= 4 is 13.7 Å². The molecule has 1 fully saturated rings. The van der Waals surface area contributed by atoms with Gasteiger partial charge >= 0.3 is 19.4 Å². The number of ether oxygens (including phenoxy) is 2. The van der Waals surface area contributed by atoms with Crippen LogP contribution in [0.25, 0.3) is 0 Å². The molecule has 0 amide bonds. The summed E-state index contributed by atoms with van der Waals surface area (Å²) >= 11 is 0. The van der Waals surface area contributed by atoms with Gasteiger partial charge in [-0.25, -0.2) is 9.36 Å². The highest BCUT2D eigenvalue weighted by atomic mass is 31.2. The smallest absolute Gasteiger partial charge is 0.459 e. The molecule has 0 spiro atoms. The van der Waals surface area contributed by atoms with Gasteiger partial charge in [-0.2, -0.15) is 5.09 Å². The number of carbonyl (C=O) groups excluding carboxylic acids is 1.